The lowest BCUT2D eigenvalue weighted by molar-refractivity contribution is -0.154. The Morgan fingerprint density at radius 1 is 0.652 bits per heavy atom. The summed E-state index contributed by atoms with van der Waals surface area (Å²) in [6.45, 7) is 18.3. The zero-order valence-electron chi connectivity index (χ0n) is 40.5. The Kier molecular flexibility index (Phi) is 19.5. The molecule has 0 aromatic heterocycles. The lowest BCUT2D eigenvalue weighted by atomic mass is 9.89. The molecule has 8 rings (SSSR count). The fourth-order valence-corrected chi connectivity index (χ4v) is 10.2. The van der Waals surface area contributed by atoms with Crippen molar-refractivity contribution in [3.8, 4) is 11.5 Å². The molecule has 1 unspecified atom stereocenters. The van der Waals surface area contributed by atoms with Crippen LogP contribution in [0, 0.1) is 23.7 Å². The van der Waals surface area contributed by atoms with E-state index in [1.165, 1.54) is 31.2 Å². The Balaban J connectivity index is 0.000000186. The van der Waals surface area contributed by atoms with Gasteiger partial charge in [-0.15, -0.1) is 0 Å². The van der Waals surface area contributed by atoms with Gasteiger partial charge < -0.3 is 24.3 Å². The molecule has 2 saturated heterocycles. The van der Waals surface area contributed by atoms with Crippen LogP contribution >= 0.6 is 23.2 Å². The van der Waals surface area contributed by atoms with Crippen molar-refractivity contribution >= 4 is 62.5 Å². The number of carbonyl (C=O) groups excluding carboxylic acids is 3. The molecule has 2 aliphatic carbocycles. The van der Waals surface area contributed by atoms with Gasteiger partial charge in [0, 0.05) is 22.4 Å². The number of likely N-dealkylation sites (tertiary alicyclic amines) is 1. The first kappa shape index (κ1) is 51.5. The minimum atomic E-state index is -0.0488. The number of benzene rings is 4. The van der Waals surface area contributed by atoms with Gasteiger partial charge in [0.25, 0.3) is 0 Å². The molecule has 4 aromatic carbocycles. The summed E-state index contributed by atoms with van der Waals surface area (Å²) in [5.74, 6) is 3.28. The van der Waals surface area contributed by atoms with E-state index in [1.807, 2.05) is 57.2 Å². The van der Waals surface area contributed by atoms with Crippen LogP contribution in [0.15, 0.2) is 60.7 Å². The number of ketones is 1. The van der Waals surface area contributed by atoms with Gasteiger partial charge in [0.15, 0.2) is 5.78 Å². The Morgan fingerprint density at radius 2 is 1.14 bits per heavy atom. The fourth-order valence-electron chi connectivity index (χ4n) is 9.64. The number of halogens is 2. The van der Waals surface area contributed by atoms with Gasteiger partial charge in [0.1, 0.15) is 11.5 Å². The zero-order chi connectivity index (χ0) is 47.3. The highest BCUT2D eigenvalue weighted by Crippen LogP contribution is 2.39. The number of nitrogens with zero attached hydrogens (tertiary/aromatic N) is 1. The van der Waals surface area contributed by atoms with E-state index in [0.717, 1.165) is 127 Å². The SMILES string of the molecule is CC(=O)c1ccc2ccc(OC3CCC(C)CC3)c(Cl)c2c1.CC1CCC(Oc2ccc3ccc(C(C)N4CCC(C(=O)OC(C)C)CC4)cc3c2Cl)CC1.CCOC(=O)C1CCNCC1. The molecular formula is C55H74Cl2N2O7. The van der Waals surface area contributed by atoms with Crippen LogP contribution in [-0.2, 0) is 19.1 Å². The number of piperidine rings is 2. The van der Waals surface area contributed by atoms with Gasteiger partial charge >= 0.3 is 11.9 Å². The molecule has 0 spiro atoms. The third kappa shape index (κ3) is 14.3. The van der Waals surface area contributed by atoms with Crippen molar-refractivity contribution in [1.82, 2.24) is 10.2 Å². The van der Waals surface area contributed by atoms with Crippen LogP contribution in [0.25, 0.3) is 21.5 Å². The number of carbonyl (C=O) groups is 3. The van der Waals surface area contributed by atoms with E-state index in [2.05, 4.69) is 55.3 Å². The van der Waals surface area contributed by atoms with E-state index in [-0.39, 0.29) is 53.9 Å². The minimum absolute atomic E-state index is 0.0179. The smallest absolute Gasteiger partial charge is 0.309 e. The summed E-state index contributed by atoms with van der Waals surface area (Å²) in [6, 6.07) is 20.5. The van der Waals surface area contributed by atoms with Crippen molar-refractivity contribution in [2.45, 2.75) is 150 Å². The van der Waals surface area contributed by atoms with Gasteiger partial charge in [-0.05, 0) is 190 Å². The third-order valence-corrected chi connectivity index (χ3v) is 14.8. The number of esters is 2. The highest BCUT2D eigenvalue weighted by molar-refractivity contribution is 6.37. The van der Waals surface area contributed by atoms with Crippen molar-refractivity contribution in [2.75, 3.05) is 32.8 Å². The summed E-state index contributed by atoms with van der Waals surface area (Å²) in [6.07, 6.45) is 13.3. The summed E-state index contributed by atoms with van der Waals surface area (Å²) in [4.78, 5) is 37.4. The van der Waals surface area contributed by atoms with E-state index in [4.69, 9.17) is 42.1 Å². The normalized spacial score (nSPS) is 22.3. The van der Waals surface area contributed by atoms with Crippen LogP contribution < -0.4 is 14.8 Å². The fraction of sp³-hybridized carbons (Fsp3) is 0.582. The topological polar surface area (TPSA) is 103 Å². The molecule has 4 aromatic rings. The van der Waals surface area contributed by atoms with Gasteiger partial charge in [-0.1, -0.05) is 73.4 Å². The predicted molar refractivity (Wildman–Crippen MR) is 268 cm³/mol. The standard InChI is InChI=1S/C28H38ClNO3.C19H21ClO2.C8H15NO2/c1-18(2)32-28(31)22-13-15-30(16-14-22)20(4)23-8-7-21-9-12-26(27(29)25(21)17-23)33-24-10-5-19(3)6-11-24;1-12-3-8-16(9-4-12)22-18-10-7-14-5-6-15(13(2)21)11-17(14)19(18)20;1-2-11-8(10)7-3-5-9-6-4-7/h7-9,12,17-20,22,24H,5-6,10-11,13-16H2,1-4H3;5-7,10-12,16H,3-4,8-9H2,1-2H3;7,9H,2-6H2,1H3. The van der Waals surface area contributed by atoms with Gasteiger partial charge in [0.2, 0.25) is 0 Å². The maximum Gasteiger partial charge on any atom is 0.309 e. The van der Waals surface area contributed by atoms with E-state index < -0.39 is 0 Å². The van der Waals surface area contributed by atoms with Crippen molar-refractivity contribution in [3.63, 3.8) is 0 Å². The summed E-state index contributed by atoms with van der Waals surface area (Å²) in [5.41, 5.74) is 1.93. The average molecular weight is 946 g/mol. The number of hydrogen-bond acceptors (Lipinski definition) is 9. The molecule has 2 heterocycles. The molecular weight excluding hydrogens is 872 g/mol. The second-order valence-electron chi connectivity index (χ2n) is 19.5. The second kappa shape index (κ2) is 24.9. The molecule has 1 N–H and O–H groups in total. The monoisotopic (exact) mass is 944 g/mol. The van der Waals surface area contributed by atoms with E-state index in [1.54, 1.807) is 6.92 Å². The predicted octanol–water partition coefficient (Wildman–Crippen LogP) is 13.4. The van der Waals surface area contributed by atoms with Crippen LogP contribution in [0.1, 0.15) is 147 Å². The molecule has 66 heavy (non-hydrogen) atoms. The zero-order valence-corrected chi connectivity index (χ0v) is 42.0. The quantitative estimate of drug-likeness (QED) is 0.116. The van der Waals surface area contributed by atoms with Crippen LogP contribution in [-0.4, -0.2) is 73.7 Å². The molecule has 4 fully saturated rings. The molecule has 360 valence electrons. The van der Waals surface area contributed by atoms with Gasteiger partial charge in [0.05, 0.1) is 46.8 Å². The van der Waals surface area contributed by atoms with Crippen LogP contribution in [0.2, 0.25) is 10.0 Å². The number of fused-ring (bicyclic) bond motifs is 2. The highest BCUT2D eigenvalue weighted by atomic mass is 35.5. The minimum Gasteiger partial charge on any atom is -0.489 e. The first-order chi connectivity index (χ1) is 31.7. The molecule has 2 aliphatic heterocycles. The van der Waals surface area contributed by atoms with E-state index in [9.17, 15) is 14.4 Å². The molecule has 0 bridgehead atoms. The number of hydrogen-bond donors (Lipinski definition) is 1. The average Bonchev–Trinajstić information content (AvgIpc) is 3.32. The lowest BCUT2D eigenvalue weighted by Gasteiger charge is -2.35. The molecule has 4 aliphatic rings. The Hall–Kier alpha value is -3.89. The van der Waals surface area contributed by atoms with Crippen LogP contribution in [0.5, 0.6) is 11.5 Å². The maximum absolute atomic E-state index is 12.3. The van der Waals surface area contributed by atoms with Crippen molar-refractivity contribution in [1.29, 1.82) is 0 Å². The van der Waals surface area contributed by atoms with Crippen molar-refractivity contribution < 1.29 is 33.3 Å². The van der Waals surface area contributed by atoms with Crippen molar-refractivity contribution in [3.05, 3.63) is 81.8 Å². The molecule has 11 heteroatoms. The van der Waals surface area contributed by atoms with Gasteiger partial charge in [-0.2, -0.15) is 0 Å². The number of nitrogens with one attached hydrogen (secondary N) is 1. The first-order valence-corrected chi connectivity index (χ1v) is 25.6. The van der Waals surface area contributed by atoms with Crippen molar-refractivity contribution in [2.24, 2.45) is 23.7 Å². The molecule has 1 atom stereocenters. The lowest BCUT2D eigenvalue weighted by Crippen LogP contribution is -2.38. The van der Waals surface area contributed by atoms with Crippen LogP contribution in [0.3, 0.4) is 0 Å². The van der Waals surface area contributed by atoms with Gasteiger partial charge in [-0.3, -0.25) is 19.3 Å². The van der Waals surface area contributed by atoms with Gasteiger partial charge in [-0.25, -0.2) is 0 Å². The molecule has 0 radical (unpaired) electrons. The largest absolute Gasteiger partial charge is 0.489 e. The van der Waals surface area contributed by atoms with E-state index >= 15 is 0 Å². The third-order valence-electron chi connectivity index (χ3n) is 14.0. The highest BCUT2D eigenvalue weighted by Gasteiger charge is 2.30. The Morgan fingerprint density at radius 3 is 1.64 bits per heavy atom. The summed E-state index contributed by atoms with van der Waals surface area (Å²) in [7, 11) is 0. The number of rotatable bonds is 11. The second-order valence-corrected chi connectivity index (χ2v) is 20.2. The van der Waals surface area contributed by atoms with E-state index in [0.29, 0.717) is 17.2 Å². The Bertz CT molecular complexity index is 2220. The summed E-state index contributed by atoms with van der Waals surface area (Å²) < 4.78 is 22.8. The Labute approximate surface area is 403 Å². The molecule has 9 nitrogen and oxygen atoms in total. The molecule has 2 saturated carbocycles. The molecule has 0 amide bonds. The number of ether oxygens (including phenoxy) is 4. The first-order valence-electron chi connectivity index (χ1n) is 24.8. The maximum atomic E-state index is 12.3. The summed E-state index contributed by atoms with van der Waals surface area (Å²) >= 11 is 13.4. The van der Waals surface area contributed by atoms with Crippen LogP contribution in [0.4, 0.5) is 0 Å². The number of Topliss-reactive ketones (excluding diaryl/α,β-unsaturated/α-hetero) is 1. The summed E-state index contributed by atoms with van der Waals surface area (Å²) in [5, 5.41) is 8.63.